The number of hydrogen-bond donors (Lipinski definition) is 1. The van der Waals surface area contributed by atoms with Gasteiger partial charge in [0.2, 0.25) is 5.89 Å². The van der Waals surface area contributed by atoms with Gasteiger partial charge in [0.15, 0.2) is 5.82 Å². The monoisotopic (exact) mass is 259 g/mol. The lowest BCUT2D eigenvalue weighted by molar-refractivity contribution is 0.189. The van der Waals surface area contributed by atoms with E-state index in [0.29, 0.717) is 18.3 Å². The number of aromatic nitrogens is 2. The van der Waals surface area contributed by atoms with Crippen LogP contribution in [0.1, 0.15) is 49.7 Å². The summed E-state index contributed by atoms with van der Waals surface area (Å²) < 4.78 is 10.6. The first-order valence-corrected chi connectivity index (χ1v) is 5.99. The van der Waals surface area contributed by atoms with Crippen molar-refractivity contribution in [3.05, 3.63) is 11.7 Å². The molecule has 0 aromatic carbocycles. The first kappa shape index (κ1) is 12.8. The molecule has 1 aliphatic carbocycles. The molecule has 1 aromatic heterocycles. The van der Waals surface area contributed by atoms with Crippen LogP contribution in [-0.4, -0.2) is 23.4 Å². The van der Waals surface area contributed by atoms with Crippen molar-refractivity contribution in [2.45, 2.75) is 43.6 Å². The molecule has 1 saturated carbocycles. The summed E-state index contributed by atoms with van der Waals surface area (Å²) in [6, 6.07) is 0. The highest BCUT2D eigenvalue weighted by Gasteiger charge is 2.37. The number of nitrogens with two attached hydrogens (primary N) is 1. The molecule has 0 amide bonds. The predicted octanol–water partition coefficient (Wildman–Crippen LogP) is 1.72. The van der Waals surface area contributed by atoms with Crippen LogP contribution in [0.15, 0.2) is 4.52 Å². The summed E-state index contributed by atoms with van der Waals surface area (Å²) in [6.45, 7) is 1.48. The van der Waals surface area contributed by atoms with Gasteiger partial charge in [0.05, 0.1) is 18.1 Å². The topological polar surface area (TPSA) is 74.2 Å². The molecule has 1 aliphatic heterocycles. The minimum atomic E-state index is -0.346. The maximum absolute atomic E-state index is 6.28. The van der Waals surface area contributed by atoms with E-state index in [1.807, 2.05) is 0 Å². The van der Waals surface area contributed by atoms with Gasteiger partial charge in [-0.2, -0.15) is 4.98 Å². The van der Waals surface area contributed by atoms with Crippen molar-refractivity contribution in [2.75, 3.05) is 13.2 Å². The molecular weight excluding hydrogens is 242 g/mol. The van der Waals surface area contributed by atoms with E-state index >= 15 is 0 Å². The number of hydrogen-bond acceptors (Lipinski definition) is 5. The molecule has 5 nitrogen and oxygen atoms in total. The summed E-state index contributed by atoms with van der Waals surface area (Å²) in [7, 11) is 0. The molecule has 2 heterocycles. The van der Waals surface area contributed by atoms with E-state index in [9.17, 15) is 0 Å². The van der Waals surface area contributed by atoms with E-state index in [2.05, 4.69) is 10.1 Å². The van der Waals surface area contributed by atoms with Crippen LogP contribution >= 0.6 is 12.4 Å². The standard InChI is InChI=1S/C11H17N3O2.ClH/c12-11(4-1-2-5-11)10-13-9(16-14-10)8-3-6-15-7-8;/h8H,1-7,12H2;1H. The zero-order valence-corrected chi connectivity index (χ0v) is 10.5. The first-order valence-electron chi connectivity index (χ1n) is 5.99. The molecule has 1 aromatic rings. The summed E-state index contributed by atoms with van der Waals surface area (Å²) in [4.78, 5) is 4.46. The Balaban J connectivity index is 0.00000108. The van der Waals surface area contributed by atoms with Crippen molar-refractivity contribution in [3.8, 4) is 0 Å². The fraction of sp³-hybridized carbons (Fsp3) is 0.818. The molecule has 0 radical (unpaired) electrons. The van der Waals surface area contributed by atoms with Gasteiger partial charge in [-0.1, -0.05) is 18.0 Å². The van der Waals surface area contributed by atoms with Crippen LogP contribution in [0.25, 0.3) is 0 Å². The van der Waals surface area contributed by atoms with Gasteiger partial charge in [0.1, 0.15) is 0 Å². The molecule has 6 heteroatoms. The quantitative estimate of drug-likeness (QED) is 0.875. The SMILES string of the molecule is Cl.NC1(c2noc(C3CCOC3)n2)CCCC1. The summed E-state index contributed by atoms with van der Waals surface area (Å²) in [5, 5.41) is 4.05. The number of rotatable bonds is 2. The van der Waals surface area contributed by atoms with E-state index in [0.717, 1.165) is 38.7 Å². The highest BCUT2D eigenvalue weighted by Crippen LogP contribution is 2.35. The Morgan fingerprint density at radius 2 is 2.06 bits per heavy atom. The van der Waals surface area contributed by atoms with Crippen molar-refractivity contribution in [1.29, 1.82) is 0 Å². The third kappa shape index (κ3) is 2.32. The van der Waals surface area contributed by atoms with Crippen LogP contribution in [0.3, 0.4) is 0 Å². The highest BCUT2D eigenvalue weighted by molar-refractivity contribution is 5.85. The molecule has 96 valence electrons. The second-order valence-corrected chi connectivity index (χ2v) is 4.88. The van der Waals surface area contributed by atoms with Crippen molar-refractivity contribution in [3.63, 3.8) is 0 Å². The van der Waals surface area contributed by atoms with E-state index in [4.69, 9.17) is 15.0 Å². The van der Waals surface area contributed by atoms with Crippen molar-refractivity contribution in [1.82, 2.24) is 10.1 Å². The minimum absolute atomic E-state index is 0. The Labute approximate surface area is 106 Å². The zero-order valence-electron chi connectivity index (χ0n) is 9.72. The molecule has 0 spiro atoms. The lowest BCUT2D eigenvalue weighted by atomic mass is 9.98. The van der Waals surface area contributed by atoms with Gasteiger partial charge in [-0.25, -0.2) is 0 Å². The molecule has 3 rings (SSSR count). The Hall–Kier alpha value is -0.650. The van der Waals surface area contributed by atoms with Gasteiger partial charge < -0.3 is 15.0 Å². The molecule has 1 unspecified atom stereocenters. The van der Waals surface area contributed by atoms with E-state index in [-0.39, 0.29) is 23.9 Å². The Bertz CT molecular complexity index is 371. The largest absolute Gasteiger partial charge is 0.381 e. The van der Waals surface area contributed by atoms with Gasteiger partial charge in [-0.05, 0) is 19.3 Å². The van der Waals surface area contributed by atoms with E-state index in [1.54, 1.807) is 0 Å². The minimum Gasteiger partial charge on any atom is -0.381 e. The second-order valence-electron chi connectivity index (χ2n) is 4.88. The van der Waals surface area contributed by atoms with Crippen molar-refractivity contribution in [2.24, 2.45) is 5.73 Å². The smallest absolute Gasteiger partial charge is 0.232 e. The summed E-state index contributed by atoms with van der Waals surface area (Å²) in [5.74, 6) is 1.65. The van der Waals surface area contributed by atoms with E-state index in [1.165, 1.54) is 0 Å². The maximum atomic E-state index is 6.28. The average Bonchev–Trinajstić information content (AvgIpc) is 2.98. The van der Waals surface area contributed by atoms with Crippen LogP contribution in [0.5, 0.6) is 0 Å². The number of nitrogens with zero attached hydrogens (tertiary/aromatic N) is 2. The molecule has 1 atom stereocenters. The molecular formula is C11H18ClN3O2. The predicted molar refractivity (Wildman–Crippen MR) is 64.1 cm³/mol. The number of halogens is 1. The Morgan fingerprint density at radius 3 is 2.71 bits per heavy atom. The normalized spacial score (nSPS) is 27.0. The summed E-state index contributed by atoms with van der Waals surface area (Å²) in [5.41, 5.74) is 5.93. The van der Waals surface area contributed by atoms with Crippen molar-refractivity contribution < 1.29 is 9.26 Å². The third-order valence-corrected chi connectivity index (χ3v) is 3.66. The molecule has 0 bridgehead atoms. The van der Waals surface area contributed by atoms with Gasteiger partial charge in [0, 0.05) is 6.61 Å². The Morgan fingerprint density at radius 1 is 1.29 bits per heavy atom. The summed E-state index contributed by atoms with van der Waals surface area (Å²) >= 11 is 0. The lowest BCUT2D eigenvalue weighted by Gasteiger charge is -2.17. The van der Waals surface area contributed by atoms with Crippen LogP contribution in [0.2, 0.25) is 0 Å². The van der Waals surface area contributed by atoms with Crippen LogP contribution in [0.4, 0.5) is 0 Å². The summed E-state index contributed by atoms with van der Waals surface area (Å²) in [6.07, 6.45) is 5.22. The van der Waals surface area contributed by atoms with Crippen LogP contribution < -0.4 is 5.73 Å². The molecule has 1 saturated heterocycles. The maximum Gasteiger partial charge on any atom is 0.232 e. The van der Waals surface area contributed by atoms with Crippen LogP contribution in [-0.2, 0) is 10.3 Å². The zero-order chi connectivity index (χ0) is 11.0. The molecule has 2 N–H and O–H groups in total. The van der Waals surface area contributed by atoms with Gasteiger partial charge in [0.25, 0.3) is 0 Å². The van der Waals surface area contributed by atoms with E-state index < -0.39 is 0 Å². The first-order chi connectivity index (χ1) is 7.78. The molecule has 17 heavy (non-hydrogen) atoms. The van der Waals surface area contributed by atoms with Gasteiger partial charge >= 0.3 is 0 Å². The fourth-order valence-electron chi connectivity index (χ4n) is 2.56. The average molecular weight is 260 g/mol. The third-order valence-electron chi connectivity index (χ3n) is 3.66. The highest BCUT2D eigenvalue weighted by atomic mass is 35.5. The number of ether oxygens (including phenoxy) is 1. The lowest BCUT2D eigenvalue weighted by Crippen LogP contribution is -2.34. The molecule has 2 fully saturated rings. The molecule has 2 aliphatic rings. The van der Waals surface area contributed by atoms with Crippen LogP contribution in [0, 0.1) is 0 Å². The fourth-order valence-corrected chi connectivity index (χ4v) is 2.56. The second kappa shape index (κ2) is 4.92. The van der Waals surface area contributed by atoms with Gasteiger partial charge in [-0.15, -0.1) is 12.4 Å². The Kier molecular flexibility index (Phi) is 3.70. The van der Waals surface area contributed by atoms with Gasteiger partial charge in [-0.3, -0.25) is 0 Å². The van der Waals surface area contributed by atoms with Crippen molar-refractivity contribution >= 4 is 12.4 Å².